The van der Waals surface area contributed by atoms with E-state index in [1.807, 2.05) is 42.5 Å². The maximum Gasteiger partial charge on any atom is 0.255 e. The molecule has 0 spiro atoms. The van der Waals surface area contributed by atoms with Crippen molar-refractivity contribution < 1.29 is 14.3 Å². The average molecular weight is 284 g/mol. The third-order valence-electron chi connectivity index (χ3n) is 3.63. The van der Waals surface area contributed by atoms with Gasteiger partial charge in [-0.05, 0) is 22.4 Å². The second-order valence-electron chi connectivity index (χ2n) is 5.10. The fourth-order valence-corrected chi connectivity index (χ4v) is 2.46. The van der Waals surface area contributed by atoms with Crippen LogP contribution in [0.4, 0.5) is 0 Å². The summed E-state index contributed by atoms with van der Waals surface area (Å²) >= 11 is 0. The van der Waals surface area contributed by atoms with Gasteiger partial charge in [-0.3, -0.25) is 14.5 Å². The number of morpholine rings is 1. The first-order valence-corrected chi connectivity index (χ1v) is 6.80. The first-order valence-electron chi connectivity index (χ1n) is 6.80. The zero-order valence-corrected chi connectivity index (χ0v) is 11.5. The molecule has 1 heterocycles. The Morgan fingerprint density at radius 2 is 1.71 bits per heavy atom. The van der Waals surface area contributed by atoms with Crippen molar-refractivity contribution in [2.75, 3.05) is 19.8 Å². The van der Waals surface area contributed by atoms with E-state index in [-0.39, 0.29) is 31.6 Å². The van der Waals surface area contributed by atoms with Crippen molar-refractivity contribution >= 4 is 22.6 Å². The Labute approximate surface area is 122 Å². The summed E-state index contributed by atoms with van der Waals surface area (Å²) in [5, 5.41) is 2.22. The van der Waals surface area contributed by atoms with E-state index in [1.165, 1.54) is 4.90 Å². The molecule has 0 aromatic heterocycles. The summed E-state index contributed by atoms with van der Waals surface area (Å²) in [6.07, 6.45) is 0. The van der Waals surface area contributed by atoms with Crippen LogP contribution in [0.1, 0.15) is 11.6 Å². The topological polar surface area (TPSA) is 72.6 Å². The second kappa shape index (κ2) is 5.63. The molecule has 1 aliphatic heterocycles. The van der Waals surface area contributed by atoms with Crippen LogP contribution in [0.2, 0.25) is 0 Å². The number of rotatable bonds is 3. The Hall–Kier alpha value is -2.24. The van der Waals surface area contributed by atoms with Crippen LogP contribution in [0.25, 0.3) is 10.8 Å². The lowest BCUT2D eigenvalue weighted by molar-refractivity contribution is -0.158. The zero-order chi connectivity index (χ0) is 14.8. The largest absolute Gasteiger partial charge is 0.362 e. The third kappa shape index (κ3) is 2.79. The van der Waals surface area contributed by atoms with Gasteiger partial charge >= 0.3 is 0 Å². The minimum Gasteiger partial charge on any atom is -0.362 e. The molecule has 2 aromatic carbocycles. The quantitative estimate of drug-likeness (QED) is 0.860. The van der Waals surface area contributed by atoms with Crippen LogP contribution in [0, 0.1) is 0 Å². The minimum atomic E-state index is -0.402. The fourth-order valence-electron chi connectivity index (χ4n) is 2.46. The van der Waals surface area contributed by atoms with Crippen molar-refractivity contribution in [3.05, 3.63) is 48.0 Å². The van der Waals surface area contributed by atoms with E-state index in [4.69, 9.17) is 10.5 Å². The van der Waals surface area contributed by atoms with Crippen LogP contribution < -0.4 is 5.73 Å². The lowest BCUT2D eigenvalue weighted by Crippen LogP contribution is -2.48. The van der Waals surface area contributed by atoms with Gasteiger partial charge in [-0.2, -0.15) is 0 Å². The van der Waals surface area contributed by atoms with Gasteiger partial charge in [0.25, 0.3) is 11.8 Å². The van der Waals surface area contributed by atoms with Crippen molar-refractivity contribution in [2.24, 2.45) is 5.73 Å². The summed E-state index contributed by atoms with van der Waals surface area (Å²) in [4.78, 5) is 24.6. The van der Waals surface area contributed by atoms with Crippen molar-refractivity contribution in [1.82, 2.24) is 4.90 Å². The number of imide groups is 1. The van der Waals surface area contributed by atoms with Crippen LogP contribution >= 0.6 is 0 Å². The van der Waals surface area contributed by atoms with Crippen LogP contribution in [-0.4, -0.2) is 36.5 Å². The Bertz CT molecular complexity index is 683. The average Bonchev–Trinajstić information content (AvgIpc) is 2.50. The molecule has 0 radical (unpaired) electrons. The molecular weight excluding hydrogens is 268 g/mol. The van der Waals surface area contributed by atoms with Crippen LogP contribution in [-0.2, 0) is 14.3 Å². The predicted octanol–water partition coefficient (Wildman–Crippen LogP) is 1.23. The Morgan fingerprint density at radius 1 is 1.05 bits per heavy atom. The summed E-state index contributed by atoms with van der Waals surface area (Å²) in [5.41, 5.74) is 7.06. The van der Waals surface area contributed by atoms with Crippen molar-refractivity contribution in [2.45, 2.75) is 6.04 Å². The van der Waals surface area contributed by atoms with Gasteiger partial charge in [-0.25, -0.2) is 0 Å². The van der Waals surface area contributed by atoms with Gasteiger partial charge in [0, 0.05) is 12.6 Å². The van der Waals surface area contributed by atoms with Crippen LogP contribution in [0.3, 0.4) is 0 Å². The highest BCUT2D eigenvalue weighted by Gasteiger charge is 2.28. The monoisotopic (exact) mass is 284 g/mol. The molecule has 5 heteroatoms. The molecule has 1 saturated heterocycles. The molecule has 3 rings (SSSR count). The lowest BCUT2D eigenvalue weighted by Gasteiger charge is -2.27. The lowest BCUT2D eigenvalue weighted by atomic mass is 10.0. The van der Waals surface area contributed by atoms with Gasteiger partial charge in [0.15, 0.2) is 0 Å². The Kier molecular flexibility index (Phi) is 3.68. The standard InChI is InChI=1S/C16H16N2O3/c17-14(8-18-15(19)9-21-10-16(18)20)13-6-5-11-3-1-2-4-12(11)7-13/h1-7,14H,8-10,17H2. The molecule has 21 heavy (non-hydrogen) atoms. The van der Waals surface area contributed by atoms with E-state index in [0.717, 1.165) is 16.3 Å². The van der Waals surface area contributed by atoms with E-state index >= 15 is 0 Å². The van der Waals surface area contributed by atoms with Gasteiger partial charge in [0.1, 0.15) is 13.2 Å². The number of carbonyl (C=O) groups excluding carboxylic acids is 2. The summed E-state index contributed by atoms with van der Waals surface area (Å²) in [6.45, 7) is 0.0612. The molecule has 5 nitrogen and oxygen atoms in total. The maximum absolute atomic E-state index is 11.7. The van der Waals surface area contributed by atoms with Gasteiger partial charge in [-0.1, -0.05) is 36.4 Å². The number of nitrogens with zero attached hydrogens (tertiary/aromatic N) is 1. The summed E-state index contributed by atoms with van der Waals surface area (Å²) < 4.78 is 4.89. The molecule has 2 N–H and O–H groups in total. The number of amides is 2. The number of hydrogen-bond donors (Lipinski definition) is 1. The van der Waals surface area contributed by atoms with Crippen LogP contribution in [0.5, 0.6) is 0 Å². The zero-order valence-electron chi connectivity index (χ0n) is 11.5. The van der Waals surface area contributed by atoms with E-state index in [1.54, 1.807) is 0 Å². The highest BCUT2D eigenvalue weighted by atomic mass is 16.5. The minimum absolute atomic E-state index is 0.0593. The Balaban J connectivity index is 1.81. The van der Waals surface area contributed by atoms with Gasteiger partial charge < -0.3 is 10.5 Å². The number of hydrogen-bond acceptors (Lipinski definition) is 4. The third-order valence-corrected chi connectivity index (χ3v) is 3.63. The van der Waals surface area contributed by atoms with E-state index in [0.29, 0.717) is 0 Å². The molecule has 0 saturated carbocycles. The van der Waals surface area contributed by atoms with Crippen molar-refractivity contribution in [3.8, 4) is 0 Å². The van der Waals surface area contributed by atoms with E-state index in [2.05, 4.69) is 0 Å². The first-order chi connectivity index (χ1) is 10.1. The molecule has 108 valence electrons. The maximum atomic E-state index is 11.7. The molecular formula is C16H16N2O3. The molecule has 1 aliphatic rings. The molecule has 1 atom stereocenters. The summed E-state index contributed by atoms with van der Waals surface area (Å²) in [7, 11) is 0. The van der Waals surface area contributed by atoms with E-state index < -0.39 is 6.04 Å². The highest BCUT2D eigenvalue weighted by molar-refractivity contribution is 5.98. The van der Waals surface area contributed by atoms with Gasteiger partial charge in [0.2, 0.25) is 0 Å². The van der Waals surface area contributed by atoms with Gasteiger partial charge in [0.05, 0.1) is 0 Å². The number of fused-ring (bicyclic) bond motifs is 1. The second-order valence-corrected chi connectivity index (χ2v) is 5.10. The van der Waals surface area contributed by atoms with Gasteiger partial charge in [-0.15, -0.1) is 0 Å². The first kappa shape index (κ1) is 13.7. The molecule has 2 aromatic rings. The molecule has 1 unspecified atom stereocenters. The number of carbonyl (C=O) groups is 2. The normalized spacial score (nSPS) is 17.3. The predicted molar refractivity (Wildman–Crippen MR) is 78.4 cm³/mol. The van der Waals surface area contributed by atoms with Crippen molar-refractivity contribution in [3.63, 3.8) is 0 Å². The molecule has 0 bridgehead atoms. The Morgan fingerprint density at radius 3 is 2.43 bits per heavy atom. The summed E-state index contributed by atoms with van der Waals surface area (Å²) in [5.74, 6) is -0.662. The summed E-state index contributed by atoms with van der Waals surface area (Å²) in [6, 6.07) is 13.5. The van der Waals surface area contributed by atoms with Crippen molar-refractivity contribution in [1.29, 1.82) is 0 Å². The fraction of sp³-hybridized carbons (Fsp3) is 0.250. The molecule has 2 amide bonds. The molecule has 0 aliphatic carbocycles. The number of nitrogens with two attached hydrogens (primary N) is 1. The smallest absolute Gasteiger partial charge is 0.255 e. The number of benzene rings is 2. The van der Waals surface area contributed by atoms with Crippen LogP contribution in [0.15, 0.2) is 42.5 Å². The molecule has 1 fully saturated rings. The SMILES string of the molecule is NC(CN1C(=O)COCC1=O)c1ccc2ccccc2c1. The van der Waals surface area contributed by atoms with E-state index in [9.17, 15) is 9.59 Å². The number of ether oxygens (including phenoxy) is 1. The highest BCUT2D eigenvalue weighted by Crippen LogP contribution is 2.20.